The Morgan fingerprint density at radius 2 is 2.05 bits per heavy atom. The Balaban J connectivity index is 2.21. The van der Waals surface area contributed by atoms with Crippen molar-refractivity contribution in [1.82, 2.24) is 15.2 Å². The quantitative estimate of drug-likeness (QED) is 0.708. The molecular formula is C14H25N3OS. The minimum absolute atomic E-state index is 0.0298. The SMILES string of the molecule is CCc1ncsc1C(=O)NCCCCN(CC)CC. The smallest absolute Gasteiger partial charge is 0.263 e. The van der Waals surface area contributed by atoms with E-state index in [4.69, 9.17) is 0 Å². The van der Waals surface area contributed by atoms with Crippen molar-refractivity contribution >= 4 is 17.2 Å². The highest BCUT2D eigenvalue weighted by Crippen LogP contribution is 2.13. The van der Waals surface area contributed by atoms with Crippen LogP contribution in [0.3, 0.4) is 0 Å². The minimum Gasteiger partial charge on any atom is -0.351 e. The number of aromatic nitrogens is 1. The summed E-state index contributed by atoms with van der Waals surface area (Å²) >= 11 is 1.43. The van der Waals surface area contributed by atoms with Crippen LogP contribution in [-0.4, -0.2) is 42.0 Å². The first kappa shape index (κ1) is 16.1. The fourth-order valence-electron chi connectivity index (χ4n) is 1.99. The molecule has 0 aliphatic heterocycles. The molecule has 0 bridgehead atoms. The molecule has 1 N–H and O–H groups in total. The summed E-state index contributed by atoms with van der Waals surface area (Å²) in [6.45, 7) is 10.5. The lowest BCUT2D eigenvalue weighted by molar-refractivity contribution is 0.0955. The van der Waals surface area contributed by atoms with E-state index in [1.54, 1.807) is 5.51 Å². The Morgan fingerprint density at radius 1 is 1.32 bits per heavy atom. The van der Waals surface area contributed by atoms with Gasteiger partial charge in [0.25, 0.3) is 5.91 Å². The molecule has 0 aliphatic carbocycles. The summed E-state index contributed by atoms with van der Waals surface area (Å²) in [5, 5.41) is 2.98. The molecule has 0 saturated heterocycles. The van der Waals surface area contributed by atoms with Crippen LogP contribution in [0.5, 0.6) is 0 Å². The van der Waals surface area contributed by atoms with E-state index in [0.717, 1.165) is 56.0 Å². The van der Waals surface area contributed by atoms with Gasteiger partial charge in [-0.05, 0) is 38.9 Å². The molecule has 0 unspecified atom stereocenters. The highest BCUT2D eigenvalue weighted by Gasteiger charge is 2.12. The van der Waals surface area contributed by atoms with E-state index in [1.165, 1.54) is 11.3 Å². The van der Waals surface area contributed by atoms with Crippen molar-refractivity contribution in [2.45, 2.75) is 40.0 Å². The number of carbonyl (C=O) groups excluding carboxylic acids is 1. The van der Waals surface area contributed by atoms with E-state index in [9.17, 15) is 4.79 Å². The van der Waals surface area contributed by atoms with Crippen LogP contribution in [0.25, 0.3) is 0 Å². The van der Waals surface area contributed by atoms with Gasteiger partial charge in [0, 0.05) is 6.54 Å². The zero-order valence-electron chi connectivity index (χ0n) is 12.2. The molecule has 0 saturated carbocycles. The Morgan fingerprint density at radius 3 is 2.68 bits per heavy atom. The van der Waals surface area contributed by atoms with Gasteiger partial charge in [0.05, 0.1) is 11.2 Å². The van der Waals surface area contributed by atoms with Gasteiger partial charge in [0.15, 0.2) is 0 Å². The van der Waals surface area contributed by atoms with Gasteiger partial charge in [0.1, 0.15) is 4.88 Å². The van der Waals surface area contributed by atoms with Gasteiger partial charge in [-0.25, -0.2) is 4.98 Å². The molecule has 1 rings (SSSR count). The second-order valence-corrected chi connectivity index (χ2v) is 5.33. The van der Waals surface area contributed by atoms with Crippen LogP contribution in [0, 0.1) is 0 Å². The topological polar surface area (TPSA) is 45.2 Å². The van der Waals surface area contributed by atoms with Gasteiger partial charge in [-0.3, -0.25) is 4.79 Å². The third-order valence-corrected chi connectivity index (χ3v) is 4.13. The zero-order chi connectivity index (χ0) is 14.1. The fraction of sp³-hybridized carbons (Fsp3) is 0.714. The molecular weight excluding hydrogens is 258 g/mol. The average molecular weight is 283 g/mol. The van der Waals surface area contributed by atoms with E-state index in [0.29, 0.717) is 0 Å². The van der Waals surface area contributed by atoms with E-state index in [2.05, 4.69) is 29.0 Å². The van der Waals surface area contributed by atoms with Crippen LogP contribution < -0.4 is 5.32 Å². The number of carbonyl (C=O) groups is 1. The Kier molecular flexibility index (Phi) is 7.67. The number of thiazole rings is 1. The molecule has 0 spiro atoms. The van der Waals surface area contributed by atoms with Crippen molar-refractivity contribution in [1.29, 1.82) is 0 Å². The van der Waals surface area contributed by atoms with Crippen LogP contribution in [0.2, 0.25) is 0 Å². The predicted molar refractivity (Wildman–Crippen MR) is 80.8 cm³/mol. The summed E-state index contributed by atoms with van der Waals surface area (Å²) < 4.78 is 0. The molecule has 0 aliphatic rings. The molecule has 0 fully saturated rings. The molecule has 5 heteroatoms. The highest BCUT2D eigenvalue weighted by atomic mass is 32.1. The molecule has 0 radical (unpaired) electrons. The van der Waals surface area contributed by atoms with Crippen molar-refractivity contribution in [2.24, 2.45) is 0 Å². The second-order valence-electron chi connectivity index (χ2n) is 4.47. The van der Waals surface area contributed by atoms with Crippen molar-refractivity contribution in [3.05, 3.63) is 16.1 Å². The molecule has 1 heterocycles. The van der Waals surface area contributed by atoms with E-state index >= 15 is 0 Å². The number of aryl methyl sites for hydroxylation is 1. The number of rotatable bonds is 9. The van der Waals surface area contributed by atoms with Crippen molar-refractivity contribution < 1.29 is 4.79 Å². The maximum absolute atomic E-state index is 11.9. The van der Waals surface area contributed by atoms with Crippen LogP contribution in [-0.2, 0) is 6.42 Å². The van der Waals surface area contributed by atoms with Gasteiger partial charge in [-0.1, -0.05) is 20.8 Å². The first-order valence-corrected chi connectivity index (χ1v) is 8.03. The van der Waals surface area contributed by atoms with Gasteiger partial charge < -0.3 is 10.2 Å². The van der Waals surface area contributed by atoms with Crippen molar-refractivity contribution in [3.8, 4) is 0 Å². The molecule has 1 aromatic heterocycles. The van der Waals surface area contributed by atoms with Crippen LogP contribution in [0.1, 0.15) is 49.0 Å². The highest BCUT2D eigenvalue weighted by molar-refractivity contribution is 7.11. The minimum atomic E-state index is 0.0298. The van der Waals surface area contributed by atoms with Crippen LogP contribution in [0.15, 0.2) is 5.51 Å². The Bertz CT molecular complexity index is 375. The third-order valence-electron chi connectivity index (χ3n) is 3.26. The average Bonchev–Trinajstić information content (AvgIpc) is 2.91. The Hall–Kier alpha value is -0.940. The number of amides is 1. The predicted octanol–water partition coefficient (Wildman–Crippen LogP) is 2.56. The molecule has 19 heavy (non-hydrogen) atoms. The van der Waals surface area contributed by atoms with E-state index in [-0.39, 0.29) is 5.91 Å². The summed E-state index contributed by atoms with van der Waals surface area (Å²) in [5.74, 6) is 0.0298. The van der Waals surface area contributed by atoms with Gasteiger partial charge >= 0.3 is 0 Å². The molecule has 4 nitrogen and oxygen atoms in total. The summed E-state index contributed by atoms with van der Waals surface area (Å²) in [5.41, 5.74) is 2.65. The monoisotopic (exact) mass is 283 g/mol. The maximum Gasteiger partial charge on any atom is 0.263 e. The zero-order valence-corrected chi connectivity index (χ0v) is 13.1. The van der Waals surface area contributed by atoms with Gasteiger partial charge in [-0.2, -0.15) is 0 Å². The second kappa shape index (κ2) is 9.04. The maximum atomic E-state index is 11.9. The lowest BCUT2D eigenvalue weighted by Gasteiger charge is -2.17. The first-order valence-electron chi connectivity index (χ1n) is 7.15. The molecule has 1 aromatic rings. The summed E-state index contributed by atoms with van der Waals surface area (Å²) in [7, 11) is 0. The van der Waals surface area contributed by atoms with Crippen molar-refractivity contribution in [3.63, 3.8) is 0 Å². The summed E-state index contributed by atoms with van der Waals surface area (Å²) in [4.78, 5) is 19.3. The lowest BCUT2D eigenvalue weighted by Crippen LogP contribution is -2.27. The largest absolute Gasteiger partial charge is 0.351 e. The standard InChI is InChI=1S/C14H25N3OS/c1-4-12-13(19-11-16-12)14(18)15-9-7-8-10-17(5-2)6-3/h11H,4-10H2,1-3H3,(H,15,18). The number of hydrogen-bond acceptors (Lipinski definition) is 4. The lowest BCUT2D eigenvalue weighted by atomic mass is 10.2. The third kappa shape index (κ3) is 5.28. The Labute approximate surface area is 120 Å². The number of nitrogens with one attached hydrogen (secondary N) is 1. The molecule has 0 aromatic carbocycles. The van der Waals surface area contributed by atoms with Gasteiger partial charge in [-0.15, -0.1) is 11.3 Å². The molecule has 108 valence electrons. The van der Waals surface area contributed by atoms with Crippen LogP contribution >= 0.6 is 11.3 Å². The molecule has 1 amide bonds. The van der Waals surface area contributed by atoms with E-state index in [1.807, 2.05) is 6.92 Å². The molecule has 0 atom stereocenters. The summed E-state index contributed by atoms with van der Waals surface area (Å²) in [6, 6.07) is 0. The number of unbranched alkanes of at least 4 members (excludes halogenated alkanes) is 1. The van der Waals surface area contributed by atoms with Gasteiger partial charge in [0.2, 0.25) is 0 Å². The van der Waals surface area contributed by atoms with E-state index < -0.39 is 0 Å². The van der Waals surface area contributed by atoms with Crippen molar-refractivity contribution in [2.75, 3.05) is 26.2 Å². The fourth-order valence-corrected chi connectivity index (χ4v) is 2.79. The number of nitrogens with zero attached hydrogens (tertiary/aromatic N) is 2. The van der Waals surface area contributed by atoms with Crippen LogP contribution in [0.4, 0.5) is 0 Å². The first-order chi connectivity index (χ1) is 9.22. The summed E-state index contributed by atoms with van der Waals surface area (Å²) in [6.07, 6.45) is 2.97. The normalized spacial score (nSPS) is 10.9. The number of hydrogen-bond donors (Lipinski definition) is 1.